The molecule has 0 aliphatic rings. The molecule has 25 heavy (non-hydrogen) atoms. The molecule has 2 rings (SSSR count). The molecule has 0 fully saturated rings. The monoisotopic (exact) mass is 342 g/mol. The highest BCUT2D eigenvalue weighted by molar-refractivity contribution is 5.79. The van der Waals surface area contributed by atoms with Crippen molar-refractivity contribution in [1.82, 2.24) is 0 Å². The van der Waals surface area contributed by atoms with Gasteiger partial charge in [0.25, 0.3) is 0 Å². The van der Waals surface area contributed by atoms with Gasteiger partial charge in [-0.25, -0.2) is 4.79 Å². The number of benzene rings is 2. The van der Waals surface area contributed by atoms with Crippen molar-refractivity contribution in [2.24, 2.45) is 0 Å². The number of esters is 2. The Balaban J connectivity index is 2.11. The largest absolute Gasteiger partial charge is 0.489 e. The standard InChI is InChI=1S/C20H22O5/c1-3-23-20(22)19(25-15(2)21)13-17-11-7-8-12-18(17)24-14-16-9-5-4-6-10-16/h4-12,19H,3,13-14H2,1-2H3. The average molecular weight is 342 g/mol. The molecule has 0 N–H and O–H groups in total. The van der Waals surface area contributed by atoms with E-state index < -0.39 is 18.0 Å². The molecule has 1 atom stereocenters. The van der Waals surface area contributed by atoms with E-state index in [0.29, 0.717) is 12.4 Å². The maximum Gasteiger partial charge on any atom is 0.347 e. The third-order valence-corrected chi connectivity index (χ3v) is 3.47. The van der Waals surface area contributed by atoms with E-state index in [4.69, 9.17) is 14.2 Å². The molecular formula is C20H22O5. The summed E-state index contributed by atoms with van der Waals surface area (Å²) in [5, 5.41) is 0. The Kier molecular flexibility index (Phi) is 7.01. The highest BCUT2D eigenvalue weighted by Gasteiger charge is 2.24. The van der Waals surface area contributed by atoms with Gasteiger partial charge < -0.3 is 14.2 Å². The summed E-state index contributed by atoms with van der Waals surface area (Å²) in [6.07, 6.45) is -0.789. The second-order valence-corrected chi connectivity index (χ2v) is 5.44. The van der Waals surface area contributed by atoms with E-state index in [1.165, 1.54) is 6.92 Å². The number of carbonyl (C=O) groups is 2. The van der Waals surface area contributed by atoms with Crippen molar-refractivity contribution < 1.29 is 23.8 Å². The molecular weight excluding hydrogens is 320 g/mol. The van der Waals surface area contributed by atoms with Crippen LogP contribution in [0.1, 0.15) is 25.0 Å². The lowest BCUT2D eigenvalue weighted by Crippen LogP contribution is -2.30. The molecule has 132 valence electrons. The summed E-state index contributed by atoms with van der Waals surface area (Å²) in [4.78, 5) is 23.3. The van der Waals surface area contributed by atoms with Crippen molar-refractivity contribution in [2.45, 2.75) is 33.0 Å². The highest BCUT2D eigenvalue weighted by atomic mass is 16.6. The van der Waals surface area contributed by atoms with Gasteiger partial charge in [-0.3, -0.25) is 4.79 Å². The van der Waals surface area contributed by atoms with Gasteiger partial charge in [-0.2, -0.15) is 0 Å². The molecule has 0 heterocycles. The van der Waals surface area contributed by atoms with Crippen molar-refractivity contribution in [2.75, 3.05) is 6.61 Å². The summed E-state index contributed by atoms with van der Waals surface area (Å²) in [5.74, 6) is -0.441. The summed E-state index contributed by atoms with van der Waals surface area (Å²) in [7, 11) is 0. The number of hydrogen-bond acceptors (Lipinski definition) is 5. The smallest absolute Gasteiger partial charge is 0.347 e. The van der Waals surface area contributed by atoms with Crippen LogP contribution in [0, 0.1) is 0 Å². The van der Waals surface area contributed by atoms with Crippen molar-refractivity contribution in [1.29, 1.82) is 0 Å². The van der Waals surface area contributed by atoms with E-state index >= 15 is 0 Å². The van der Waals surface area contributed by atoms with Crippen molar-refractivity contribution in [3.8, 4) is 5.75 Å². The van der Waals surface area contributed by atoms with Crippen LogP contribution in [-0.2, 0) is 32.1 Å². The SMILES string of the molecule is CCOC(=O)C(Cc1ccccc1OCc1ccccc1)OC(C)=O. The van der Waals surface area contributed by atoms with E-state index in [1.807, 2.05) is 54.6 Å². The molecule has 0 amide bonds. The highest BCUT2D eigenvalue weighted by Crippen LogP contribution is 2.22. The summed E-state index contributed by atoms with van der Waals surface area (Å²) < 4.78 is 16.0. The maximum atomic E-state index is 12.0. The van der Waals surface area contributed by atoms with Gasteiger partial charge in [-0.05, 0) is 24.1 Å². The van der Waals surface area contributed by atoms with Crippen LogP contribution in [0.4, 0.5) is 0 Å². The summed E-state index contributed by atoms with van der Waals surface area (Å²) in [6, 6.07) is 17.2. The van der Waals surface area contributed by atoms with Crippen LogP contribution >= 0.6 is 0 Å². The van der Waals surface area contributed by atoms with Crippen molar-refractivity contribution >= 4 is 11.9 Å². The van der Waals surface area contributed by atoms with E-state index in [9.17, 15) is 9.59 Å². The van der Waals surface area contributed by atoms with Crippen molar-refractivity contribution in [3.63, 3.8) is 0 Å². The number of ether oxygens (including phenoxy) is 3. The average Bonchev–Trinajstić information content (AvgIpc) is 2.61. The Morgan fingerprint density at radius 3 is 2.36 bits per heavy atom. The molecule has 0 spiro atoms. The van der Waals surface area contributed by atoms with Crippen LogP contribution in [-0.4, -0.2) is 24.6 Å². The molecule has 2 aromatic rings. The molecule has 0 saturated carbocycles. The Bertz CT molecular complexity index is 696. The van der Waals surface area contributed by atoms with Gasteiger partial charge in [0.05, 0.1) is 6.61 Å². The van der Waals surface area contributed by atoms with Gasteiger partial charge in [0.15, 0.2) is 0 Å². The van der Waals surface area contributed by atoms with E-state index in [1.54, 1.807) is 6.92 Å². The zero-order valence-electron chi connectivity index (χ0n) is 14.4. The lowest BCUT2D eigenvalue weighted by molar-refractivity contribution is -0.166. The Labute approximate surface area is 147 Å². The first-order valence-electron chi connectivity index (χ1n) is 8.18. The Morgan fingerprint density at radius 1 is 1.00 bits per heavy atom. The third-order valence-electron chi connectivity index (χ3n) is 3.47. The molecule has 2 aromatic carbocycles. The Morgan fingerprint density at radius 2 is 1.68 bits per heavy atom. The first-order chi connectivity index (χ1) is 12.1. The predicted octanol–water partition coefficient (Wildman–Crippen LogP) is 3.30. The molecule has 0 aliphatic carbocycles. The van der Waals surface area contributed by atoms with Gasteiger partial charge in [-0.1, -0.05) is 48.5 Å². The molecule has 5 nitrogen and oxygen atoms in total. The first-order valence-corrected chi connectivity index (χ1v) is 8.18. The number of carbonyl (C=O) groups excluding carboxylic acids is 2. The second-order valence-electron chi connectivity index (χ2n) is 5.44. The topological polar surface area (TPSA) is 61.8 Å². The molecule has 0 radical (unpaired) electrons. The fourth-order valence-corrected chi connectivity index (χ4v) is 2.36. The van der Waals surface area contributed by atoms with Crippen LogP contribution in [0.15, 0.2) is 54.6 Å². The number of hydrogen-bond donors (Lipinski definition) is 0. The normalized spacial score (nSPS) is 11.4. The fourth-order valence-electron chi connectivity index (χ4n) is 2.36. The van der Waals surface area contributed by atoms with E-state index in [-0.39, 0.29) is 13.0 Å². The summed E-state index contributed by atoms with van der Waals surface area (Å²) in [6.45, 7) is 3.61. The zero-order valence-corrected chi connectivity index (χ0v) is 14.4. The Hall–Kier alpha value is -2.82. The van der Waals surface area contributed by atoms with Gasteiger partial charge in [0.1, 0.15) is 12.4 Å². The number of para-hydroxylation sites is 1. The minimum absolute atomic E-state index is 0.198. The van der Waals surface area contributed by atoms with Crippen LogP contribution < -0.4 is 4.74 Å². The summed E-state index contributed by atoms with van der Waals surface area (Å²) in [5.41, 5.74) is 1.82. The lowest BCUT2D eigenvalue weighted by Gasteiger charge is -2.17. The van der Waals surface area contributed by atoms with Gasteiger partial charge in [0, 0.05) is 13.3 Å². The van der Waals surface area contributed by atoms with Crippen LogP contribution in [0.25, 0.3) is 0 Å². The summed E-state index contributed by atoms with van der Waals surface area (Å²) >= 11 is 0. The molecule has 0 bridgehead atoms. The molecule has 0 saturated heterocycles. The quantitative estimate of drug-likeness (QED) is 0.689. The second kappa shape index (κ2) is 9.47. The zero-order chi connectivity index (χ0) is 18.1. The lowest BCUT2D eigenvalue weighted by atomic mass is 10.1. The van der Waals surface area contributed by atoms with Gasteiger partial charge >= 0.3 is 11.9 Å². The van der Waals surface area contributed by atoms with Crippen LogP contribution in [0.2, 0.25) is 0 Å². The van der Waals surface area contributed by atoms with Crippen molar-refractivity contribution in [3.05, 3.63) is 65.7 Å². The van der Waals surface area contributed by atoms with Gasteiger partial charge in [0.2, 0.25) is 6.10 Å². The maximum absolute atomic E-state index is 12.0. The molecule has 0 aliphatic heterocycles. The van der Waals surface area contributed by atoms with Crippen LogP contribution in [0.3, 0.4) is 0 Å². The van der Waals surface area contributed by atoms with Crippen LogP contribution in [0.5, 0.6) is 5.75 Å². The molecule has 5 heteroatoms. The van der Waals surface area contributed by atoms with E-state index in [0.717, 1.165) is 11.1 Å². The van der Waals surface area contributed by atoms with Gasteiger partial charge in [-0.15, -0.1) is 0 Å². The minimum Gasteiger partial charge on any atom is -0.489 e. The first kappa shape index (κ1) is 18.5. The molecule has 1 unspecified atom stereocenters. The van der Waals surface area contributed by atoms with E-state index in [2.05, 4.69) is 0 Å². The third kappa shape index (κ3) is 5.95. The fraction of sp³-hybridized carbons (Fsp3) is 0.300. The minimum atomic E-state index is -0.987. The number of rotatable bonds is 8. The predicted molar refractivity (Wildman–Crippen MR) is 93.1 cm³/mol. The molecule has 0 aromatic heterocycles.